The van der Waals surface area contributed by atoms with Gasteiger partial charge in [-0.25, -0.2) is 18.9 Å². The van der Waals surface area contributed by atoms with Crippen molar-refractivity contribution in [3.05, 3.63) is 59.5 Å². The highest BCUT2D eigenvalue weighted by Crippen LogP contribution is 2.38. The summed E-state index contributed by atoms with van der Waals surface area (Å²) in [5.74, 6) is 1.01. The highest BCUT2D eigenvalue weighted by molar-refractivity contribution is 7.99. The summed E-state index contributed by atoms with van der Waals surface area (Å²) in [5.41, 5.74) is 4.02. The molecule has 5 rings (SSSR count). The smallest absolute Gasteiger partial charge is 0.302 e. The Morgan fingerprint density at radius 3 is 2.55 bits per heavy atom. The van der Waals surface area contributed by atoms with Gasteiger partial charge in [-0.2, -0.15) is 5.10 Å². The van der Waals surface area contributed by atoms with Crippen LogP contribution >= 0.6 is 23.4 Å². The Balaban J connectivity index is 0.000000505. The van der Waals surface area contributed by atoms with Crippen molar-refractivity contribution < 1.29 is 13.9 Å². The molecule has 3 aromatic heterocycles. The minimum absolute atomic E-state index is 0.211. The first-order chi connectivity index (χ1) is 18.4. The molecule has 1 aliphatic carbocycles. The summed E-state index contributed by atoms with van der Waals surface area (Å²) in [4.78, 5) is 19.1. The topological polar surface area (TPSA) is 81.4 Å². The van der Waals surface area contributed by atoms with E-state index in [1.165, 1.54) is 31.9 Å². The fourth-order valence-electron chi connectivity index (χ4n) is 4.42. The van der Waals surface area contributed by atoms with E-state index in [4.69, 9.17) is 21.7 Å². The number of esters is 1. The lowest BCUT2D eigenvalue weighted by Gasteiger charge is -2.12. The standard InChI is InChI=1S/C24H23ClFN5S.C4H8O2/c1-2-32-21-14-16(25)13-20-22(23(30-31(20)21)15-7-9-17(26)10-8-15)19-11-12-27-24(29-19)28-18-5-3-4-6-18;1-3-6-4(2)5/h7-14,18H,2-6H2,1H3,(H,27,28,29);3H2,1-2H3. The molecule has 3 heterocycles. The van der Waals surface area contributed by atoms with Gasteiger partial charge in [0.05, 0.1) is 28.4 Å². The van der Waals surface area contributed by atoms with Crippen LogP contribution in [0.3, 0.4) is 0 Å². The van der Waals surface area contributed by atoms with Crippen molar-refractivity contribution >= 4 is 40.8 Å². The minimum atomic E-state index is -0.283. The predicted molar refractivity (Wildman–Crippen MR) is 151 cm³/mol. The maximum Gasteiger partial charge on any atom is 0.302 e. The number of carbonyl (C=O) groups excluding carboxylic acids is 1. The second kappa shape index (κ2) is 13.1. The van der Waals surface area contributed by atoms with E-state index in [0.29, 0.717) is 23.6 Å². The van der Waals surface area contributed by atoms with Crippen LogP contribution in [0.15, 0.2) is 53.7 Å². The number of halogens is 2. The molecule has 0 atom stereocenters. The van der Waals surface area contributed by atoms with Crippen molar-refractivity contribution in [2.75, 3.05) is 17.7 Å². The molecule has 10 heteroatoms. The Hall–Kier alpha value is -3.17. The van der Waals surface area contributed by atoms with Gasteiger partial charge in [-0.3, -0.25) is 4.79 Å². The molecular weight excluding hydrogens is 525 g/mol. The molecular formula is C28H31ClFN5O2S. The molecule has 0 unspecified atom stereocenters. The maximum atomic E-state index is 13.6. The van der Waals surface area contributed by atoms with Crippen LogP contribution in [0.4, 0.5) is 10.3 Å². The van der Waals surface area contributed by atoms with Crippen molar-refractivity contribution in [1.29, 1.82) is 0 Å². The number of carbonyl (C=O) groups is 1. The number of anilines is 1. The summed E-state index contributed by atoms with van der Waals surface area (Å²) in [5, 5.41) is 9.97. The Morgan fingerprint density at radius 1 is 1.18 bits per heavy atom. The molecule has 0 radical (unpaired) electrons. The molecule has 4 aromatic rings. The molecule has 0 saturated heterocycles. The fourth-order valence-corrected chi connectivity index (χ4v) is 5.46. The number of aromatic nitrogens is 4. The van der Waals surface area contributed by atoms with E-state index in [9.17, 15) is 9.18 Å². The highest BCUT2D eigenvalue weighted by Gasteiger charge is 2.22. The Morgan fingerprint density at radius 2 is 1.92 bits per heavy atom. The molecule has 1 saturated carbocycles. The van der Waals surface area contributed by atoms with Crippen molar-refractivity contribution in [3.63, 3.8) is 0 Å². The van der Waals surface area contributed by atoms with Gasteiger partial charge in [0, 0.05) is 29.7 Å². The van der Waals surface area contributed by atoms with E-state index >= 15 is 0 Å². The monoisotopic (exact) mass is 555 g/mol. The van der Waals surface area contributed by atoms with Gasteiger partial charge in [0.2, 0.25) is 5.95 Å². The second-order valence-electron chi connectivity index (χ2n) is 8.79. The summed E-state index contributed by atoms with van der Waals surface area (Å²) < 4.78 is 19.9. The van der Waals surface area contributed by atoms with Crippen LogP contribution < -0.4 is 5.32 Å². The van der Waals surface area contributed by atoms with Gasteiger partial charge in [0.1, 0.15) is 11.5 Å². The number of pyridine rings is 1. The molecule has 38 heavy (non-hydrogen) atoms. The molecule has 1 aliphatic rings. The van der Waals surface area contributed by atoms with Crippen LogP contribution in [-0.2, 0) is 9.53 Å². The number of nitrogens with zero attached hydrogens (tertiary/aromatic N) is 4. The molecule has 0 bridgehead atoms. The van der Waals surface area contributed by atoms with Crippen LogP contribution in [0, 0.1) is 5.82 Å². The second-order valence-corrected chi connectivity index (χ2v) is 10.5. The van der Waals surface area contributed by atoms with Crippen LogP contribution in [0.1, 0.15) is 46.5 Å². The molecule has 1 N–H and O–H groups in total. The number of rotatable bonds is 7. The van der Waals surface area contributed by atoms with Gasteiger partial charge in [-0.05, 0) is 68.0 Å². The zero-order chi connectivity index (χ0) is 27.1. The van der Waals surface area contributed by atoms with Crippen LogP contribution in [0.5, 0.6) is 0 Å². The van der Waals surface area contributed by atoms with Gasteiger partial charge in [0.15, 0.2) is 0 Å². The summed E-state index contributed by atoms with van der Waals surface area (Å²) >= 11 is 8.16. The number of hydrogen-bond donors (Lipinski definition) is 1. The Labute approximate surface area is 231 Å². The zero-order valence-electron chi connectivity index (χ0n) is 21.7. The summed E-state index contributed by atoms with van der Waals surface area (Å²) in [6, 6.07) is 12.5. The number of hydrogen-bond acceptors (Lipinski definition) is 7. The third kappa shape index (κ3) is 6.82. The lowest BCUT2D eigenvalue weighted by molar-refractivity contribution is -0.140. The average molecular weight is 556 g/mol. The number of thioether (sulfide) groups is 1. The van der Waals surface area contributed by atoms with Gasteiger partial charge >= 0.3 is 5.97 Å². The lowest BCUT2D eigenvalue weighted by atomic mass is 10.0. The van der Waals surface area contributed by atoms with Crippen molar-refractivity contribution in [1.82, 2.24) is 19.6 Å². The highest BCUT2D eigenvalue weighted by atomic mass is 35.5. The lowest BCUT2D eigenvalue weighted by Crippen LogP contribution is -2.16. The summed E-state index contributed by atoms with van der Waals surface area (Å²) in [6.07, 6.45) is 6.51. The zero-order valence-corrected chi connectivity index (χ0v) is 23.3. The number of nitrogens with one attached hydrogen (secondary N) is 1. The quantitative estimate of drug-likeness (QED) is 0.189. The van der Waals surface area contributed by atoms with Crippen LogP contribution in [-0.4, -0.2) is 44.0 Å². The van der Waals surface area contributed by atoms with Crippen LogP contribution in [0.25, 0.3) is 28.0 Å². The first-order valence-electron chi connectivity index (χ1n) is 12.7. The van der Waals surface area contributed by atoms with Crippen molar-refractivity contribution in [2.24, 2.45) is 0 Å². The number of benzene rings is 1. The first-order valence-corrected chi connectivity index (χ1v) is 14.1. The largest absolute Gasteiger partial charge is 0.466 e. The summed E-state index contributed by atoms with van der Waals surface area (Å²) in [7, 11) is 0. The van der Waals surface area contributed by atoms with E-state index < -0.39 is 0 Å². The van der Waals surface area contributed by atoms with Crippen molar-refractivity contribution in [2.45, 2.75) is 57.5 Å². The third-order valence-electron chi connectivity index (χ3n) is 6.02. The normalized spacial score (nSPS) is 13.3. The minimum Gasteiger partial charge on any atom is -0.466 e. The van der Waals surface area contributed by atoms with E-state index in [2.05, 4.69) is 22.0 Å². The van der Waals surface area contributed by atoms with E-state index in [1.807, 2.05) is 22.7 Å². The molecule has 200 valence electrons. The van der Waals surface area contributed by atoms with Crippen LogP contribution in [0.2, 0.25) is 5.02 Å². The predicted octanol–water partition coefficient (Wildman–Crippen LogP) is 7.29. The van der Waals surface area contributed by atoms with Crippen molar-refractivity contribution in [3.8, 4) is 22.5 Å². The van der Waals surface area contributed by atoms with E-state index in [0.717, 1.165) is 51.7 Å². The fraction of sp³-hybridized carbons (Fsp3) is 0.357. The SMILES string of the molecule is CCOC(C)=O.CCSc1cc(Cl)cc2c(-c3ccnc(NC4CCCC4)n3)c(-c3ccc(F)cc3)nn12. The van der Waals surface area contributed by atoms with Gasteiger partial charge < -0.3 is 10.1 Å². The van der Waals surface area contributed by atoms with E-state index in [1.54, 1.807) is 37.0 Å². The Bertz CT molecular complexity index is 1390. The molecule has 1 aromatic carbocycles. The number of fused-ring (bicyclic) bond motifs is 1. The Kier molecular flexibility index (Phi) is 9.58. The molecule has 0 spiro atoms. The molecule has 0 amide bonds. The summed E-state index contributed by atoms with van der Waals surface area (Å²) in [6.45, 7) is 5.74. The van der Waals surface area contributed by atoms with Gasteiger partial charge in [0.25, 0.3) is 0 Å². The average Bonchev–Trinajstić information content (AvgIpc) is 3.53. The van der Waals surface area contributed by atoms with E-state index in [-0.39, 0.29) is 11.8 Å². The maximum absolute atomic E-state index is 13.6. The number of ether oxygens (including phenoxy) is 1. The first kappa shape index (κ1) is 27.9. The molecule has 0 aliphatic heterocycles. The molecule has 1 fully saturated rings. The van der Waals surface area contributed by atoms with Gasteiger partial charge in [-0.1, -0.05) is 31.4 Å². The molecule has 7 nitrogen and oxygen atoms in total. The third-order valence-corrected chi connectivity index (χ3v) is 7.12. The van der Waals surface area contributed by atoms with Gasteiger partial charge in [-0.15, -0.1) is 11.8 Å².